The van der Waals surface area contributed by atoms with E-state index >= 15 is 0 Å². The van der Waals surface area contributed by atoms with Crippen LogP contribution in [0.15, 0.2) is 53.9 Å². The summed E-state index contributed by atoms with van der Waals surface area (Å²) in [7, 11) is 1.60. The molecule has 2 aromatic carbocycles. The highest BCUT2D eigenvalue weighted by molar-refractivity contribution is 7.09. The van der Waals surface area contributed by atoms with Crippen molar-refractivity contribution in [3.8, 4) is 11.5 Å². The summed E-state index contributed by atoms with van der Waals surface area (Å²) >= 11 is 1.58. The predicted octanol–water partition coefficient (Wildman–Crippen LogP) is 4.40. The molecule has 0 saturated carbocycles. The van der Waals surface area contributed by atoms with Crippen molar-refractivity contribution in [1.82, 2.24) is 4.98 Å². The number of hydrogen-bond acceptors (Lipinski definition) is 6. The molecule has 6 heteroatoms. The molecule has 26 heavy (non-hydrogen) atoms. The summed E-state index contributed by atoms with van der Waals surface area (Å²) in [5, 5.41) is 2.96. The Morgan fingerprint density at radius 3 is 2.65 bits per heavy atom. The lowest BCUT2D eigenvalue weighted by molar-refractivity contribution is 0.0472. The number of benzene rings is 2. The first kappa shape index (κ1) is 17.9. The molecule has 0 saturated heterocycles. The summed E-state index contributed by atoms with van der Waals surface area (Å²) in [4.78, 5) is 16.6. The van der Waals surface area contributed by atoms with Crippen LogP contribution in [0.4, 0.5) is 0 Å². The van der Waals surface area contributed by atoms with Crippen LogP contribution >= 0.6 is 11.3 Å². The molecule has 0 aliphatic heterocycles. The molecule has 1 heterocycles. The number of carbonyl (C=O) groups excluding carboxylic acids is 1. The van der Waals surface area contributed by atoms with E-state index in [9.17, 15) is 4.79 Å². The minimum atomic E-state index is -0.400. The third-order valence-electron chi connectivity index (χ3n) is 3.63. The van der Waals surface area contributed by atoms with Gasteiger partial charge in [-0.1, -0.05) is 18.2 Å². The molecular formula is C20H19NO4S. The Balaban J connectivity index is 1.58. The van der Waals surface area contributed by atoms with Crippen LogP contribution in [0.5, 0.6) is 11.5 Å². The maximum Gasteiger partial charge on any atom is 0.338 e. The van der Waals surface area contributed by atoms with E-state index in [1.54, 1.807) is 42.7 Å². The number of rotatable bonds is 7. The van der Waals surface area contributed by atoms with Crippen LogP contribution in [-0.4, -0.2) is 18.1 Å². The van der Waals surface area contributed by atoms with Gasteiger partial charge in [0.1, 0.15) is 24.7 Å². The summed E-state index contributed by atoms with van der Waals surface area (Å²) in [5.74, 6) is 0.931. The Bertz CT molecular complexity index is 891. The standard InChI is InChI=1S/C20H19NO4S/c1-14-21-17(13-26-14)12-24-19-8-4-6-16(10-19)20(22)25-11-15-5-3-7-18(9-15)23-2/h3-10,13H,11-12H2,1-2H3. The number of hydrogen-bond donors (Lipinski definition) is 0. The van der Waals surface area contributed by atoms with Gasteiger partial charge >= 0.3 is 5.97 Å². The van der Waals surface area contributed by atoms with Crippen LogP contribution in [0.3, 0.4) is 0 Å². The van der Waals surface area contributed by atoms with Crippen molar-refractivity contribution in [2.45, 2.75) is 20.1 Å². The molecule has 0 aliphatic carbocycles. The van der Waals surface area contributed by atoms with E-state index in [1.807, 2.05) is 36.6 Å². The molecule has 1 aromatic heterocycles. The second-order valence-corrected chi connectivity index (χ2v) is 6.66. The number of thiazole rings is 1. The van der Waals surface area contributed by atoms with Crippen molar-refractivity contribution >= 4 is 17.3 Å². The molecule has 0 spiro atoms. The van der Waals surface area contributed by atoms with Crippen molar-refractivity contribution in [2.24, 2.45) is 0 Å². The van der Waals surface area contributed by atoms with Gasteiger partial charge in [-0.3, -0.25) is 0 Å². The van der Waals surface area contributed by atoms with Crippen molar-refractivity contribution < 1.29 is 19.0 Å². The van der Waals surface area contributed by atoms with Gasteiger partial charge in [0.15, 0.2) is 0 Å². The van der Waals surface area contributed by atoms with Crippen LogP contribution < -0.4 is 9.47 Å². The van der Waals surface area contributed by atoms with E-state index in [0.29, 0.717) is 17.9 Å². The van der Waals surface area contributed by atoms with Gasteiger partial charge < -0.3 is 14.2 Å². The SMILES string of the molecule is COc1cccc(COC(=O)c2cccc(OCc3csc(C)n3)c2)c1. The first-order chi connectivity index (χ1) is 12.6. The minimum absolute atomic E-state index is 0.180. The van der Waals surface area contributed by atoms with E-state index in [2.05, 4.69) is 4.98 Å². The number of aromatic nitrogens is 1. The van der Waals surface area contributed by atoms with E-state index in [1.165, 1.54) is 0 Å². The Kier molecular flexibility index (Phi) is 5.86. The number of esters is 1. The van der Waals surface area contributed by atoms with Crippen molar-refractivity contribution in [3.63, 3.8) is 0 Å². The van der Waals surface area contributed by atoms with Crippen molar-refractivity contribution in [2.75, 3.05) is 7.11 Å². The van der Waals surface area contributed by atoms with Gasteiger partial charge in [0, 0.05) is 5.38 Å². The number of methoxy groups -OCH3 is 1. The minimum Gasteiger partial charge on any atom is -0.497 e. The average molecular weight is 369 g/mol. The first-order valence-corrected chi connectivity index (χ1v) is 8.96. The van der Waals surface area contributed by atoms with Crippen LogP contribution in [-0.2, 0) is 18.0 Å². The van der Waals surface area contributed by atoms with Gasteiger partial charge in [0.25, 0.3) is 0 Å². The molecule has 0 fully saturated rings. The maximum atomic E-state index is 12.3. The van der Waals surface area contributed by atoms with Crippen LogP contribution in [0.2, 0.25) is 0 Å². The molecule has 0 atom stereocenters. The third-order valence-corrected chi connectivity index (χ3v) is 4.45. The van der Waals surface area contributed by atoms with Gasteiger partial charge in [0.05, 0.1) is 23.4 Å². The zero-order valence-corrected chi connectivity index (χ0v) is 15.4. The summed E-state index contributed by atoms with van der Waals surface area (Å²) in [6.45, 7) is 2.50. The molecule has 3 rings (SSSR count). The van der Waals surface area contributed by atoms with Crippen molar-refractivity contribution in [3.05, 3.63) is 75.7 Å². The Labute approximate surface area is 156 Å². The molecule has 0 unspecified atom stereocenters. The monoisotopic (exact) mass is 369 g/mol. The highest BCUT2D eigenvalue weighted by Gasteiger charge is 2.09. The molecule has 0 radical (unpaired) electrons. The lowest BCUT2D eigenvalue weighted by atomic mass is 10.2. The largest absolute Gasteiger partial charge is 0.497 e. The summed E-state index contributed by atoms with van der Waals surface area (Å²) in [6, 6.07) is 14.4. The highest BCUT2D eigenvalue weighted by Crippen LogP contribution is 2.18. The maximum absolute atomic E-state index is 12.3. The molecule has 5 nitrogen and oxygen atoms in total. The van der Waals surface area contributed by atoms with Gasteiger partial charge in [0.2, 0.25) is 0 Å². The van der Waals surface area contributed by atoms with Gasteiger partial charge in [-0.25, -0.2) is 9.78 Å². The summed E-state index contributed by atoms with van der Waals surface area (Å²) in [5.41, 5.74) is 2.18. The zero-order valence-electron chi connectivity index (χ0n) is 14.6. The molecule has 0 amide bonds. The second-order valence-electron chi connectivity index (χ2n) is 5.60. The van der Waals surface area contributed by atoms with Crippen molar-refractivity contribution in [1.29, 1.82) is 0 Å². The fraction of sp³-hybridized carbons (Fsp3) is 0.200. The Hall–Kier alpha value is -2.86. The Morgan fingerprint density at radius 1 is 1.08 bits per heavy atom. The molecule has 3 aromatic rings. The van der Waals surface area contributed by atoms with Crippen LogP contribution in [0.25, 0.3) is 0 Å². The summed E-state index contributed by atoms with van der Waals surface area (Å²) < 4.78 is 16.2. The topological polar surface area (TPSA) is 57.7 Å². The quantitative estimate of drug-likeness (QED) is 0.578. The van der Waals surface area contributed by atoms with Gasteiger partial charge in [-0.2, -0.15) is 0 Å². The number of ether oxygens (including phenoxy) is 3. The lowest BCUT2D eigenvalue weighted by Crippen LogP contribution is -2.06. The van der Waals surface area contributed by atoms with E-state index in [0.717, 1.165) is 22.0 Å². The smallest absolute Gasteiger partial charge is 0.338 e. The van der Waals surface area contributed by atoms with Crippen LogP contribution in [0.1, 0.15) is 26.6 Å². The fourth-order valence-corrected chi connectivity index (χ4v) is 2.94. The molecular weight excluding hydrogens is 350 g/mol. The van der Waals surface area contributed by atoms with E-state index in [-0.39, 0.29) is 6.61 Å². The molecule has 134 valence electrons. The van der Waals surface area contributed by atoms with Crippen LogP contribution in [0, 0.1) is 6.92 Å². The number of aryl methyl sites for hydroxylation is 1. The Morgan fingerprint density at radius 2 is 1.88 bits per heavy atom. The van der Waals surface area contributed by atoms with Gasteiger partial charge in [-0.05, 0) is 42.8 Å². The third kappa shape index (κ3) is 4.83. The van der Waals surface area contributed by atoms with E-state index < -0.39 is 5.97 Å². The number of carbonyl (C=O) groups is 1. The fourth-order valence-electron chi connectivity index (χ4n) is 2.34. The summed E-state index contributed by atoms with van der Waals surface area (Å²) in [6.07, 6.45) is 0. The van der Waals surface area contributed by atoms with Gasteiger partial charge in [-0.15, -0.1) is 11.3 Å². The lowest BCUT2D eigenvalue weighted by Gasteiger charge is -2.08. The molecule has 0 N–H and O–H groups in total. The molecule has 0 bridgehead atoms. The predicted molar refractivity (Wildman–Crippen MR) is 99.7 cm³/mol. The number of nitrogens with zero attached hydrogens (tertiary/aromatic N) is 1. The highest BCUT2D eigenvalue weighted by atomic mass is 32.1. The first-order valence-electron chi connectivity index (χ1n) is 8.08. The average Bonchev–Trinajstić information content (AvgIpc) is 3.10. The zero-order chi connectivity index (χ0) is 18.4. The normalized spacial score (nSPS) is 10.4. The second kappa shape index (κ2) is 8.49. The van der Waals surface area contributed by atoms with E-state index in [4.69, 9.17) is 14.2 Å². The molecule has 0 aliphatic rings.